The van der Waals surface area contributed by atoms with Crippen LogP contribution in [0.25, 0.3) is 0 Å². The van der Waals surface area contributed by atoms with Gasteiger partial charge >= 0.3 is 0 Å². The van der Waals surface area contributed by atoms with Crippen molar-refractivity contribution in [3.05, 3.63) is 60.9 Å². The van der Waals surface area contributed by atoms with Crippen LogP contribution in [0.4, 0.5) is 5.69 Å². The second kappa shape index (κ2) is 5.31. The summed E-state index contributed by atoms with van der Waals surface area (Å²) in [6, 6.07) is 10.2. The lowest BCUT2D eigenvalue weighted by molar-refractivity contribution is -0.111. The first-order chi connectivity index (χ1) is 8.70. The summed E-state index contributed by atoms with van der Waals surface area (Å²) in [6.07, 6.45) is 4.66. The molecule has 0 spiro atoms. The average molecular weight is 241 g/mol. The summed E-state index contributed by atoms with van der Waals surface area (Å²) in [7, 11) is 0. The fourth-order valence-corrected chi connectivity index (χ4v) is 1.69. The maximum atomic E-state index is 11.2. The van der Waals surface area contributed by atoms with Crippen LogP contribution in [0.2, 0.25) is 0 Å². The van der Waals surface area contributed by atoms with Gasteiger partial charge in [0, 0.05) is 6.20 Å². The molecule has 0 saturated carbocycles. The Hall–Kier alpha value is -2.36. The zero-order valence-corrected chi connectivity index (χ0v) is 10.2. The van der Waals surface area contributed by atoms with Crippen LogP contribution in [0.15, 0.2) is 55.4 Å². The number of hydrogen-bond acceptors (Lipinski definition) is 2. The van der Waals surface area contributed by atoms with Gasteiger partial charge in [0.1, 0.15) is 0 Å². The van der Waals surface area contributed by atoms with E-state index >= 15 is 0 Å². The molecule has 2 aromatic rings. The van der Waals surface area contributed by atoms with Gasteiger partial charge in [-0.25, -0.2) is 0 Å². The van der Waals surface area contributed by atoms with E-state index < -0.39 is 0 Å². The van der Waals surface area contributed by atoms with Crippen LogP contribution in [-0.4, -0.2) is 15.7 Å². The summed E-state index contributed by atoms with van der Waals surface area (Å²) in [4.78, 5) is 11.2. The largest absolute Gasteiger partial charge is 0.320 e. The number of nitrogens with zero attached hydrogens (tertiary/aromatic N) is 2. The van der Waals surface area contributed by atoms with Gasteiger partial charge in [0.25, 0.3) is 0 Å². The Labute approximate surface area is 106 Å². The van der Waals surface area contributed by atoms with E-state index in [9.17, 15) is 4.79 Å². The minimum absolute atomic E-state index is 0.126. The van der Waals surface area contributed by atoms with Crippen LogP contribution in [-0.2, 0) is 4.79 Å². The second-order valence-corrected chi connectivity index (χ2v) is 3.99. The third-order valence-corrected chi connectivity index (χ3v) is 2.73. The Morgan fingerprint density at radius 2 is 2.17 bits per heavy atom. The molecule has 92 valence electrons. The standard InChI is InChI=1S/C14H15N3O/c1-3-14(18)16-13-9-15-17(10-13)11(2)12-7-5-4-6-8-12/h3-11H,1H2,2H3,(H,16,18). The van der Waals surface area contributed by atoms with Crippen LogP contribution >= 0.6 is 0 Å². The molecular formula is C14H15N3O. The number of amides is 1. The van der Waals surface area contributed by atoms with Crippen molar-refractivity contribution < 1.29 is 4.79 Å². The molecule has 1 heterocycles. The van der Waals surface area contributed by atoms with Gasteiger partial charge in [0.2, 0.25) is 5.91 Å². The van der Waals surface area contributed by atoms with Gasteiger partial charge in [-0.15, -0.1) is 0 Å². The molecule has 1 atom stereocenters. The Kier molecular flexibility index (Phi) is 3.57. The third kappa shape index (κ3) is 2.66. The van der Waals surface area contributed by atoms with E-state index in [0.29, 0.717) is 5.69 Å². The van der Waals surface area contributed by atoms with Crippen LogP contribution in [0.3, 0.4) is 0 Å². The molecule has 1 aromatic carbocycles. The molecule has 1 N–H and O–H groups in total. The van der Waals surface area contributed by atoms with E-state index in [0.717, 1.165) is 0 Å². The molecule has 0 bridgehead atoms. The molecule has 2 rings (SSSR count). The first-order valence-electron chi connectivity index (χ1n) is 5.73. The van der Waals surface area contributed by atoms with Crippen molar-refractivity contribution in [2.24, 2.45) is 0 Å². The van der Waals surface area contributed by atoms with Crippen molar-refractivity contribution in [3.63, 3.8) is 0 Å². The molecule has 0 aliphatic heterocycles. The normalized spacial score (nSPS) is 11.8. The Balaban J connectivity index is 2.15. The van der Waals surface area contributed by atoms with Crippen molar-refractivity contribution in [2.75, 3.05) is 5.32 Å². The number of anilines is 1. The maximum Gasteiger partial charge on any atom is 0.247 e. The molecule has 1 aromatic heterocycles. The highest BCUT2D eigenvalue weighted by Gasteiger charge is 2.09. The van der Waals surface area contributed by atoms with E-state index in [4.69, 9.17) is 0 Å². The molecule has 0 fully saturated rings. The number of nitrogens with one attached hydrogen (secondary N) is 1. The van der Waals surface area contributed by atoms with E-state index in [1.807, 2.05) is 35.0 Å². The first-order valence-corrected chi connectivity index (χ1v) is 5.73. The molecule has 0 aliphatic rings. The average Bonchev–Trinajstić information content (AvgIpc) is 2.87. The number of benzene rings is 1. The zero-order chi connectivity index (χ0) is 13.0. The SMILES string of the molecule is C=CC(=O)Nc1cnn(C(C)c2ccccc2)c1. The lowest BCUT2D eigenvalue weighted by atomic mass is 10.1. The summed E-state index contributed by atoms with van der Waals surface area (Å²) in [5, 5.41) is 6.93. The number of aromatic nitrogens is 2. The molecular weight excluding hydrogens is 226 g/mol. The van der Waals surface area contributed by atoms with Gasteiger partial charge < -0.3 is 5.32 Å². The number of carbonyl (C=O) groups excluding carboxylic acids is 1. The Morgan fingerprint density at radius 1 is 1.44 bits per heavy atom. The van der Waals surface area contributed by atoms with Gasteiger partial charge in [-0.05, 0) is 18.6 Å². The number of carbonyl (C=O) groups is 1. The highest BCUT2D eigenvalue weighted by molar-refractivity contribution is 5.98. The van der Waals surface area contributed by atoms with E-state index in [1.54, 1.807) is 12.4 Å². The number of rotatable bonds is 4. The van der Waals surface area contributed by atoms with Crippen LogP contribution in [0.5, 0.6) is 0 Å². The Bertz CT molecular complexity index is 545. The van der Waals surface area contributed by atoms with Gasteiger partial charge in [-0.1, -0.05) is 36.9 Å². The van der Waals surface area contributed by atoms with Crippen LogP contribution in [0, 0.1) is 0 Å². The fourth-order valence-electron chi connectivity index (χ4n) is 1.69. The summed E-state index contributed by atoms with van der Waals surface area (Å²) in [5.74, 6) is -0.234. The predicted octanol–water partition coefficient (Wildman–Crippen LogP) is 2.62. The predicted molar refractivity (Wildman–Crippen MR) is 71.3 cm³/mol. The van der Waals surface area contributed by atoms with Crippen molar-refractivity contribution >= 4 is 11.6 Å². The summed E-state index contributed by atoms with van der Waals surface area (Å²) < 4.78 is 1.81. The molecule has 18 heavy (non-hydrogen) atoms. The van der Waals surface area contributed by atoms with Gasteiger partial charge in [-0.3, -0.25) is 9.48 Å². The highest BCUT2D eigenvalue weighted by Crippen LogP contribution is 2.18. The minimum atomic E-state index is -0.234. The van der Waals surface area contributed by atoms with Crippen molar-refractivity contribution in [1.29, 1.82) is 0 Å². The molecule has 1 unspecified atom stereocenters. The van der Waals surface area contributed by atoms with Crippen molar-refractivity contribution in [3.8, 4) is 0 Å². The first kappa shape index (κ1) is 12.1. The van der Waals surface area contributed by atoms with Gasteiger partial charge in [0.15, 0.2) is 0 Å². The molecule has 0 aliphatic carbocycles. The zero-order valence-electron chi connectivity index (χ0n) is 10.2. The maximum absolute atomic E-state index is 11.2. The lowest BCUT2D eigenvalue weighted by Gasteiger charge is -2.11. The monoisotopic (exact) mass is 241 g/mol. The summed E-state index contributed by atoms with van der Waals surface area (Å²) in [5.41, 5.74) is 1.84. The topological polar surface area (TPSA) is 46.9 Å². The van der Waals surface area contributed by atoms with Gasteiger partial charge in [-0.2, -0.15) is 5.10 Å². The Morgan fingerprint density at radius 3 is 2.83 bits per heavy atom. The summed E-state index contributed by atoms with van der Waals surface area (Å²) >= 11 is 0. The van der Waals surface area contributed by atoms with Crippen molar-refractivity contribution in [1.82, 2.24) is 9.78 Å². The minimum Gasteiger partial charge on any atom is -0.320 e. The second-order valence-electron chi connectivity index (χ2n) is 3.99. The quantitative estimate of drug-likeness (QED) is 0.836. The van der Waals surface area contributed by atoms with Crippen molar-refractivity contribution in [2.45, 2.75) is 13.0 Å². The van der Waals surface area contributed by atoms with E-state index in [-0.39, 0.29) is 11.9 Å². The molecule has 4 heteroatoms. The van der Waals surface area contributed by atoms with E-state index in [1.165, 1.54) is 11.6 Å². The third-order valence-electron chi connectivity index (χ3n) is 2.73. The number of hydrogen-bond donors (Lipinski definition) is 1. The van der Waals surface area contributed by atoms with Crippen LogP contribution in [0.1, 0.15) is 18.5 Å². The highest BCUT2D eigenvalue weighted by atomic mass is 16.1. The van der Waals surface area contributed by atoms with Crippen LogP contribution < -0.4 is 5.32 Å². The van der Waals surface area contributed by atoms with E-state index in [2.05, 4.69) is 23.9 Å². The molecule has 4 nitrogen and oxygen atoms in total. The summed E-state index contributed by atoms with van der Waals surface area (Å²) in [6.45, 7) is 5.46. The molecule has 1 amide bonds. The molecule has 0 radical (unpaired) electrons. The van der Waals surface area contributed by atoms with Gasteiger partial charge in [0.05, 0.1) is 17.9 Å². The molecule has 0 saturated heterocycles. The lowest BCUT2D eigenvalue weighted by Crippen LogP contribution is -2.08. The fraction of sp³-hybridized carbons (Fsp3) is 0.143. The smallest absolute Gasteiger partial charge is 0.247 e.